The highest BCUT2D eigenvalue weighted by Gasteiger charge is 2.46. The summed E-state index contributed by atoms with van der Waals surface area (Å²) in [5.41, 5.74) is 7.68. The Morgan fingerprint density at radius 2 is 2.13 bits per heavy atom. The molecule has 23 heavy (non-hydrogen) atoms. The molecule has 0 aromatic heterocycles. The lowest BCUT2D eigenvalue weighted by Gasteiger charge is -2.49. The Morgan fingerprint density at radius 3 is 2.78 bits per heavy atom. The second-order valence-corrected chi connectivity index (χ2v) is 7.57. The van der Waals surface area contributed by atoms with E-state index in [9.17, 15) is 5.21 Å². The van der Waals surface area contributed by atoms with E-state index in [1.807, 2.05) is 0 Å². The number of nitrogens with one attached hydrogen (secondary N) is 1. The fourth-order valence-corrected chi connectivity index (χ4v) is 4.82. The van der Waals surface area contributed by atoms with E-state index in [1.54, 1.807) is 7.11 Å². The molecule has 1 fully saturated rings. The third-order valence-electron chi connectivity index (χ3n) is 6.07. The molecule has 3 unspecified atom stereocenters. The lowest BCUT2D eigenvalue weighted by atomic mass is 9.59. The van der Waals surface area contributed by atoms with Crippen molar-refractivity contribution in [1.29, 1.82) is 0 Å². The van der Waals surface area contributed by atoms with Crippen LogP contribution in [0.4, 0.5) is 0 Å². The van der Waals surface area contributed by atoms with Crippen molar-refractivity contribution in [2.24, 2.45) is 5.92 Å². The summed E-state index contributed by atoms with van der Waals surface area (Å²) in [7, 11) is 1.72. The molecule has 2 aliphatic carbocycles. The Morgan fingerprint density at radius 1 is 1.35 bits per heavy atom. The van der Waals surface area contributed by atoms with Gasteiger partial charge in [0.2, 0.25) is 0 Å². The summed E-state index contributed by atoms with van der Waals surface area (Å²) in [5.74, 6) is 1.37. The first kappa shape index (κ1) is 16.5. The van der Waals surface area contributed by atoms with Crippen LogP contribution >= 0.6 is 0 Å². The summed E-state index contributed by atoms with van der Waals surface area (Å²) in [6.07, 6.45) is 7.03. The van der Waals surface area contributed by atoms with Gasteiger partial charge in [-0.25, -0.2) is 5.48 Å². The zero-order valence-electron chi connectivity index (χ0n) is 14.6. The fraction of sp³-hybridized carbons (Fsp3) is 0.600. The molecular formula is C20H29NO2. The van der Waals surface area contributed by atoms with E-state index in [0.717, 1.165) is 24.2 Å². The zero-order chi connectivity index (χ0) is 16.6. The molecule has 1 aromatic carbocycles. The zero-order valence-corrected chi connectivity index (χ0v) is 14.6. The minimum Gasteiger partial charge on any atom is -0.497 e. The Balaban J connectivity index is 2.23. The third kappa shape index (κ3) is 2.70. The Bertz CT molecular complexity index is 610. The number of methoxy groups -OCH3 is 1. The van der Waals surface area contributed by atoms with Crippen molar-refractivity contribution in [1.82, 2.24) is 5.48 Å². The Hall–Kier alpha value is -1.32. The maximum absolute atomic E-state index is 9.91. The van der Waals surface area contributed by atoms with Crippen molar-refractivity contribution in [3.05, 3.63) is 35.4 Å². The first-order valence-electron chi connectivity index (χ1n) is 8.78. The van der Waals surface area contributed by atoms with Crippen LogP contribution in [0.5, 0.6) is 5.75 Å². The van der Waals surface area contributed by atoms with Crippen molar-refractivity contribution in [3.8, 4) is 5.75 Å². The third-order valence-corrected chi connectivity index (χ3v) is 6.07. The topological polar surface area (TPSA) is 41.5 Å². The summed E-state index contributed by atoms with van der Waals surface area (Å²) in [5, 5.41) is 9.91. The van der Waals surface area contributed by atoms with Crippen molar-refractivity contribution >= 4 is 5.57 Å². The van der Waals surface area contributed by atoms with Crippen molar-refractivity contribution < 1.29 is 9.94 Å². The summed E-state index contributed by atoms with van der Waals surface area (Å²) >= 11 is 0. The number of hydroxylamine groups is 1. The van der Waals surface area contributed by atoms with Gasteiger partial charge in [-0.2, -0.15) is 0 Å². The molecule has 1 saturated carbocycles. The SMILES string of the molecule is C=C(C)c1cc(OC)cc2c1CC1CCCCCC2(C)C1NO. The lowest BCUT2D eigenvalue weighted by molar-refractivity contribution is 0.0352. The number of benzene rings is 1. The van der Waals surface area contributed by atoms with E-state index in [-0.39, 0.29) is 11.5 Å². The van der Waals surface area contributed by atoms with E-state index >= 15 is 0 Å². The molecular weight excluding hydrogens is 286 g/mol. The summed E-state index contributed by atoms with van der Waals surface area (Å²) in [6.45, 7) is 8.56. The molecule has 1 aromatic rings. The number of rotatable bonds is 3. The van der Waals surface area contributed by atoms with Crippen molar-refractivity contribution in [3.63, 3.8) is 0 Å². The van der Waals surface area contributed by atoms with E-state index in [2.05, 4.69) is 38.0 Å². The van der Waals surface area contributed by atoms with Gasteiger partial charge in [-0.15, -0.1) is 0 Å². The maximum atomic E-state index is 9.91. The summed E-state index contributed by atoms with van der Waals surface area (Å²) in [6, 6.07) is 4.42. The van der Waals surface area contributed by atoms with E-state index in [0.29, 0.717) is 5.92 Å². The largest absolute Gasteiger partial charge is 0.497 e. The molecule has 2 bridgehead atoms. The average molecular weight is 315 g/mol. The highest BCUT2D eigenvalue weighted by atomic mass is 16.5. The molecule has 126 valence electrons. The van der Waals surface area contributed by atoms with Crippen LogP contribution in [0.3, 0.4) is 0 Å². The smallest absolute Gasteiger partial charge is 0.119 e. The molecule has 3 atom stereocenters. The van der Waals surface area contributed by atoms with Crippen LogP contribution in [0.15, 0.2) is 18.7 Å². The van der Waals surface area contributed by atoms with Crippen LogP contribution in [-0.2, 0) is 11.8 Å². The van der Waals surface area contributed by atoms with E-state index < -0.39 is 0 Å². The molecule has 0 radical (unpaired) electrons. The minimum atomic E-state index is -0.0633. The molecule has 3 nitrogen and oxygen atoms in total. The minimum absolute atomic E-state index is 0.0633. The predicted octanol–water partition coefficient (Wildman–Crippen LogP) is 4.47. The molecule has 0 saturated heterocycles. The highest BCUT2D eigenvalue weighted by Crippen LogP contribution is 2.49. The molecule has 2 aliphatic rings. The van der Waals surface area contributed by atoms with Crippen molar-refractivity contribution in [2.75, 3.05) is 7.11 Å². The van der Waals surface area contributed by atoms with Crippen LogP contribution < -0.4 is 10.2 Å². The van der Waals surface area contributed by atoms with Gasteiger partial charge in [0.25, 0.3) is 0 Å². The van der Waals surface area contributed by atoms with Gasteiger partial charge in [-0.1, -0.05) is 38.3 Å². The van der Waals surface area contributed by atoms with Gasteiger partial charge in [-0.05, 0) is 60.9 Å². The van der Waals surface area contributed by atoms with Gasteiger partial charge in [-0.3, -0.25) is 0 Å². The normalized spacial score (nSPS) is 30.1. The quantitative estimate of drug-likeness (QED) is 0.809. The Labute approximate surface area is 139 Å². The molecule has 0 amide bonds. The molecule has 3 heteroatoms. The second kappa shape index (κ2) is 6.29. The summed E-state index contributed by atoms with van der Waals surface area (Å²) < 4.78 is 5.55. The fourth-order valence-electron chi connectivity index (χ4n) is 4.82. The lowest BCUT2D eigenvalue weighted by Crippen LogP contribution is -2.54. The van der Waals surface area contributed by atoms with Gasteiger partial charge in [0.1, 0.15) is 5.75 Å². The number of hydrogen-bond acceptors (Lipinski definition) is 3. The van der Waals surface area contributed by atoms with Gasteiger partial charge in [0.05, 0.1) is 7.11 Å². The first-order chi connectivity index (χ1) is 11.0. The van der Waals surface area contributed by atoms with Crippen LogP contribution in [0.1, 0.15) is 62.6 Å². The predicted molar refractivity (Wildman–Crippen MR) is 94.0 cm³/mol. The average Bonchev–Trinajstić information content (AvgIpc) is 2.52. The molecule has 0 spiro atoms. The van der Waals surface area contributed by atoms with Gasteiger partial charge in [0.15, 0.2) is 0 Å². The highest BCUT2D eigenvalue weighted by molar-refractivity contribution is 5.69. The van der Waals surface area contributed by atoms with Crippen LogP contribution in [-0.4, -0.2) is 18.4 Å². The van der Waals surface area contributed by atoms with Crippen LogP contribution in [0, 0.1) is 5.92 Å². The summed E-state index contributed by atoms with van der Waals surface area (Å²) in [4.78, 5) is 0. The molecule has 0 heterocycles. The van der Waals surface area contributed by atoms with Crippen molar-refractivity contribution in [2.45, 2.75) is 63.8 Å². The number of fused-ring (bicyclic) bond motifs is 4. The van der Waals surface area contributed by atoms with Crippen LogP contribution in [0.2, 0.25) is 0 Å². The number of allylic oxidation sites excluding steroid dienone is 1. The maximum Gasteiger partial charge on any atom is 0.119 e. The monoisotopic (exact) mass is 315 g/mol. The van der Waals surface area contributed by atoms with E-state index in [1.165, 1.54) is 42.4 Å². The molecule has 3 rings (SSSR count). The Kier molecular flexibility index (Phi) is 4.52. The number of ether oxygens (including phenoxy) is 1. The second-order valence-electron chi connectivity index (χ2n) is 7.57. The van der Waals surface area contributed by atoms with E-state index in [4.69, 9.17) is 4.74 Å². The molecule has 2 N–H and O–H groups in total. The molecule has 0 aliphatic heterocycles. The standard InChI is InChI=1S/C20H29NO2/c1-13(2)16-11-15(23-4)12-18-17(16)10-14-8-6-5-7-9-20(18,3)19(14)21-22/h11-12,14,19,21-22H,1,5-10H2,2-4H3. The first-order valence-corrected chi connectivity index (χ1v) is 8.78. The van der Waals surface area contributed by atoms with Gasteiger partial charge >= 0.3 is 0 Å². The van der Waals surface area contributed by atoms with Crippen LogP contribution in [0.25, 0.3) is 5.57 Å². The number of hydrogen-bond donors (Lipinski definition) is 2. The van der Waals surface area contributed by atoms with Gasteiger partial charge < -0.3 is 9.94 Å². The van der Waals surface area contributed by atoms with Gasteiger partial charge in [0, 0.05) is 11.5 Å².